The van der Waals surface area contributed by atoms with Crippen molar-refractivity contribution < 1.29 is 4.92 Å². The van der Waals surface area contributed by atoms with Crippen LogP contribution in [0.25, 0.3) is 0 Å². The number of rotatable bonds is 5. The fourth-order valence-corrected chi connectivity index (χ4v) is 3.14. The van der Waals surface area contributed by atoms with Crippen molar-refractivity contribution >= 4 is 17.3 Å². The van der Waals surface area contributed by atoms with Crippen molar-refractivity contribution in [1.29, 1.82) is 0 Å². The summed E-state index contributed by atoms with van der Waals surface area (Å²) in [6, 6.07) is 5.22. The summed E-state index contributed by atoms with van der Waals surface area (Å²) in [5.74, 6) is 0.827. The minimum absolute atomic E-state index is 0.0439. The summed E-state index contributed by atoms with van der Waals surface area (Å²) in [5, 5.41) is 14.7. The summed E-state index contributed by atoms with van der Waals surface area (Å²) in [4.78, 5) is 10.2. The van der Waals surface area contributed by atoms with E-state index in [0.717, 1.165) is 11.5 Å². The van der Waals surface area contributed by atoms with Crippen LogP contribution in [0.2, 0.25) is 5.02 Å². The van der Waals surface area contributed by atoms with E-state index in [2.05, 4.69) is 12.2 Å². The number of hydrogen-bond donors (Lipinski definition) is 1. The Kier molecular flexibility index (Phi) is 5.38. The minimum Gasteiger partial charge on any atom is -0.310 e. The van der Waals surface area contributed by atoms with Crippen molar-refractivity contribution in [1.82, 2.24) is 5.32 Å². The maximum atomic E-state index is 10.7. The second-order valence-corrected chi connectivity index (χ2v) is 5.96. The highest BCUT2D eigenvalue weighted by molar-refractivity contribution is 6.31. The Morgan fingerprint density at radius 2 is 2.25 bits per heavy atom. The molecule has 0 amide bonds. The fraction of sp³-hybridized carbons (Fsp3) is 0.600. The van der Waals surface area contributed by atoms with Crippen LogP contribution in [0.5, 0.6) is 0 Å². The third-order valence-electron chi connectivity index (χ3n) is 4.19. The van der Waals surface area contributed by atoms with Gasteiger partial charge in [-0.15, -0.1) is 0 Å². The number of nitrogens with zero attached hydrogens (tertiary/aromatic N) is 1. The van der Waals surface area contributed by atoms with Gasteiger partial charge in [0.1, 0.15) is 0 Å². The van der Waals surface area contributed by atoms with Gasteiger partial charge >= 0.3 is 0 Å². The molecule has 1 fully saturated rings. The number of benzene rings is 1. The maximum absolute atomic E-state index is 10.7. The Bertz CT molecular complexity index is 479. The molecule has 0 heterocycles. The van der Waals surface area contributed by atoms with Gasteiger partial charge in [-0.2, -0.15) is 0 Å². The Morgan fingerprint density at radius 3 is 2.90 bits per heavy atom. The molecule has 1 aliphatic rings. The molecule has 1 aliphatic carbocycles. The zero-order chi connectivity index (χ0) is 14.5. The molecule has 1 aromatic rings. The van der Waals surface area contributed by atoms with Crippen molar-refractivity contribution in [2.45, 2.75) is 51.6 Å². The van der Waals surface area contributed by atoms with Gasteiger partial charge < -0.3 is 5.32 Å². The predicted octanol–water partition coefficient (Wildman–Crippen LogP) is 4.31. The highest BCUT2D eigenvalue weighted by atomic mass is 35.5. The number of nitro groups is 1. The van der Waals surface area contributed by atoms with E-state index in [1.54, 1.807) is 6.07 Å². The molecule has 4 nitrogen and oxygen atoms in total. The molecule has 0 spiro atoms. The summed E-state index contributed by atoms with van der Waals surface area (Å²) in [7, 11) is 0. The number of non-ortho nitro benzene ring substituents is 1. The summed E-state index contributed by atoms with van der Waals surface area (Å²) in [6.07, 6.45) is 6.30. The van der Waals surface area contributed by atoms with Gasteiger partial charge in [-0.1, -0.05) is 37.8 Å². The summed E-state index contributed by atoms with van der Waals surface area (Å²) in [6.45, 7) is 2.93. The molecule has 2 rings (SSSR count). The van der Waals surface area contributed by atoms with E-state index in [1.807, 2.05) is 0 Å². The lowest BCUT2D eigenvalue weighted by atomic mass is 9.84. The van der Waals surface area contributed by atoms with Crippen LogP contribution in [-0.4, -0.2) is 11.0 Å². The van der Waals surface area contributed by atoms with Crippen molar-refractivity contribution in [3.8, 4) is 0 Å². The smallest absolute Gasteiger partial charge is 0.270 e. The van der Waals surface area contributed by atoms with Crippen LogP contribution in [0, 0.1) is 16.0 Å². The Balaban J connectivity index is 1.92. The molecule has 2 atom stereocenters. The Labute approximate surface area is 124 Å². The lowest BCUT2D eigenvalue weighted by molar-refractivity contribution is -0.384. The topological polar surface area (TPSA) is 55.2 Å². The number of halogens is 1. The second kappa shape index (κ2) is 7.04. The average Bonchev–Trinajstić information content (AvgIpc) is 2.46. The lowest BCUT2D eigenvalue weighted by Crippen LogP contribution is -2.33. The first-order valence-electron chi connectivity index (χ1n) is 7.26. The molecule has 1 N–H and O–H groups in total. The van der Waals surface area contributed by atoms with E-state index in [4.69, 9.17) is 11.6 Å². The quantitative estimate of drug-likeness (QED) is 0.651. The first-order valence-corrected chi connectivity index (χ1v) is 7.64. The zero-order valence-electron chi connectivity index (χ0n) is 11.8. The van der Waals surface area contributed by atoms with Gasteiger partial charge in [0.2, 0.25) is 0 Å². The monoisotopic (exact) mass is 296 g/mol. The highest BCUT2D eigenvalue weighted by Gasteiger charge is 2.20. The van der Waals surface area contributed by atoms with E-state index in [1.165, 1.54) is 44.2 Å². The average molecular weight is 297 g/mol. The Hall–Kier alpha value is -1.13. The normalized spacial score (nSPS) is 22.7. The predicted molar refractivity (Wildman–Crippen MR) is 81.0 cm³/mol. The van der Waals surface area contributed by atoms with Crippen LogP contribution in [0.4, 0.5) is 5.69 Å². The van der Waals surface area contributed by atoms with Crippen LogP contribution < -0.4 is 5.32 Å². The van der Waals surface area contributed by atoms with Crippen LogP contribution in [0.3, 0.4) is 0 Å². The number of hydrogen-bond acceptors (Lipinski definition) is 3. The molecule has 20 heavy (non-hydrogen) atoms. The van der Waals surface area contributed by atoms with Gasteiger partial charge in [-0.05, 0) is 30.4 Å². The Morgan fingerprint density at radius 1 is 1.45 bits per heavy atom. The van der Waals surface area contributed by atoms with Gasteiger partial charge in [-0.3, -0.25) is 10.1 Å². The summed E-state index contributed by atoms with van der Waals surface area (Å²) < 4.78 is 0. The molecule has 0 bridgehead atoms. The second-order valence-electron chi connectivity index (χ2n) is 5.55. The van der Waals surface area contributed by atoms with Crippen molar-refractivity contribution in [2.24, 2.45) is 5.92 Å². The van der Waals surface area contributed by atoms with Crippen molar-refractivity contribution in [3.05, 3.63) is 38.9 Å². The molecule has 5 heteroatoms. The van der Waals surface area contributed by atoms with E-state index < -0.39 is 4.92 Å². The number of nitrogens with one attached hydrogen (secondary N) is 1. The first kappa shape index (κ1) is 15.3. The van der Waals surface area contributed by atoms with Crippen molar-refractivity contribution in [2.75, 3.05) is 0 Å². The maximum Gasteiger partial charge on any atom is 0.270 e. The van der Waals surface area contributed by atoms with Gasteiger partial charge in [-0.25, -0.2) is 0 Å². The van der Waals surface area contributed by atoms with Gasteiger partial charge in [0.15, 0.2) is 0 Å². The van der Waals surface area contributed by atoms with Crippen LogP contribution in [-0.2, 0) is 6.54 Å². The van der Waals surface area contributed by atoms with E-state index >= 15 is 0 Å². The SMILES string of the molecule is CCC1CCCC(NCc2ccc([N+](=O)[O-])cc2Cl)C1. The molecule has 0 saturated heterocycles. The fourth-order valence-electron chi connectivity index (χ4n) is 2.89. The van der Waals surface area contributed by atoms with E-state index in [9.17, 15) is 10.1 Å². The molecular weight excluding hydrogens is 276 g/mol. The van der Waals surface area contributed by atoms with Crippen LogP contribution in [0.1, 0.15) is 44.6 Å². The molecule has 0 radical (unpaired) electrons. The largest absolute Gasteiger partial charge is 0.310 e. The van der Waals surface area contributed by atoms with Crippen molar-refractivity contribution in [3.63, 3.8) is 0 Å². The van der Waals surface area contributed by atoms with E-state index in [-0.39, 0.29) is 5.69 Å². The first-order chi connectivity index (χ1) is 9.60. The standard InChI is InChI=1S/C15H21ClN2O2/c1-2-11-4-3-5-13(8-11)17-10-12-6-7-14(18(19)20)9-15(12)16/h6-7,9,11,13,17H,2-5,8,10H2,1H3. The molecule has 110 valence electrons. The highest BCUT2D eigenvalue weighted by Crippen LogP contribution is 2.27. The molecule has 1 aromatic carbocycles. The van der Waals surface area contributed by atoms with Gasteiger partial charge in [0.05, 0.1) is 9.95 Å². The molecule has 0 aromatic heterocycles. The summed E-state index contributed by atoms with van der Waals surface area (Å²) >= 11 is 6.10. The lowest BCUT2D eigenvalue weighted by Gasteiger charge is -2.29. The third-order valence-corrected chi connectivity index (χ3v) is 4.54. The molecule has 2 unspecified atom stereocenters. The number of nitro benzene ring substituents is 1. The molecule has 1 saturated carbocycles. The van der Waals surface area contributed by atoms with Crippen LogP contribution in [0.15, 0.2) is 18.2 Å². The van der Waals surface area contributed by atoms with E-state index in [0.29, 0.717) is 17.6 Å². The molecular formula is C15H21ClN2O2. The minimum atomic E-state index is -0.421. The van der Waals surface area contributed by atoms with Gasteiger partial charge in [0.25, 0.3) is 5.69 Å². The third kappa shape index (κ3) is 3.93. The van der Waals surface area contributed by atoms with Crippen LogP contribution >= 0.6 is 11.6 Å². The summed E-state index contributed by atoms with van der Waals surface area (Å²) in [5.41, 5.74) is 0.971. The zero-order valence-corrected chi connectivity index (χ0v) is 12.5. The molecule has 0 aliphatic heterocycles. The van der Waals surface area contributed by atoms with Gasteiger partial charge in [0, 0.05) is 24.7 Å².